The quantitative estimate of drug-likeness (QED) is 0.0752. The standard InChI is InChI=1S/C41H36F3N4.C40H36FN4.4C11H8N.2Ir/c1-39(2,3)32-18-13-29(14-19-32)36-46-37(30-15-20-33(21-16-30)40(4,5)6)48-38(47-36)31-17-24-35(45-25-31)28-9-7-26(8-10-28)27-11-22-34(23-12-27)41(42,43)44;1-39(2,3)32-18-11-29(12-19-32)36-43-37(30-13-20-33(21-14-30)40(4,5)6)45-38(44-36)31-17-24-35(42-25-31)28-9-7-26(8-10-28)27-15-22-34(41)23-16-27;4*1-2-6-10(7-3-1)11-8-4-5-9-12-11;;/h7-9,11-25H,1-6H3;7-9,11-25H,1-6H3;4*1-6,8-9H;;/q6*-1;2*+3. The maximum absolute atomic E-state index is 13.3. The van der Waals surface area contributed by atoms with Gasteiger partial charge in [-0.1, -0.05) is 312 Å². The summed E-state index contributed by atoms with van der Waals surface area (Å²) in [5.74, 6) is 3.20. The number of aromatic nitrogens is 12. The maximum Gasteiger partial charge on any atom is 3.00 e. The predicted molar refractivity (Wildman–Crippen MR) is 561 cm³/mol. The molecule has 0 saturated heterocycles. The first-order valence-corrected chi connectivity index (χ1v) is 46.3. The number of nitrogens with zero attached hydrogens (tertiary/aromatic N) is 12. The first kappa shape index (κ1) is 105. The minimum absolute atomic E-state index is 0. The normalized spacial score (nSPS) is 11.1. The largest absolute Gasteiger partial charge is 3.00 e. The van der Waals surface area contributed by atoms with Crippen LogP contribution in [0.2, 0.25) is 0 Å². The molecule has 12 nitrogen and oxygen atoms in total. The molecule has 0 fully saturated rings. The Morgan fingerprint density at radius 3 is 0.622 bits per heavy atom. The van der Waals surface area contributed by atoms with E-state index in [4.69, 9.17) is 39.9 Å². The zero-order valence-electron chi connectivity index (χ0n) is 81.3. The molecule has 0 amide bonds. The van der Waals surface area contributed by atoms with Crippen molar-refractivity contribution in [1.29, 1.82) is 0 Å². The Morgan fingerprint density at radius 2 is 0.413 bits per heavy atom. The second-order valence-corrected chi connectivity index (χ2v) is 37.3. The van der Waals surface area contributed by atoms with Gasteiger partial charge in [-0.15, -0.1) is 203 Å². The third kappa shape index (κ3) is 29.4. The number of hydrogen-bond acceptors (Lipinski definition) is 12. The van der Waals surface area contributed by atoms with Gasteiger partial charge in [-0.05, 0) is 114 Å². The van der Waals surface area contributed by atoms with Crippen molar-refractivity contribution >= 4 is 0 Å². The molecule has 20 aromatic rings. The molecule has 0 saturated carbocycles. The molecule has 0 radical (unpaired) electrons. The minimum Gasteiger partial charge on any atom is -0.305 e. The van der Waals surface area contributed by atoms with Crippen molar-refractivity contribution < 1.29 is 57.8 Å². The molecule has 12 aromatic carbocycles. The van der Waals surface area contributed by atoms with Crippen molar-refractivity contribution in [1.82, 2.24) is 59.8 Å². The fraction of sp³-hybridized carbons (Fsp3) is 0.136. The summed E-state index contributed by atoms with van der Waals surface area (Å²) in [4.78, 5) is 55.7. The van der Waals surface area contributed by atoms with Gasteiger partial charge in [0.15, 0.2) is 34.9 Å². The van der Waals surface area contributed by atoms with E-state index < -0.39 is 11.7 Å². The van der Waals surface area contributed by atoms with Crippen LogP contribution in [0.15, 0.2) is 413 Å². The Balaban J connectivity index is 0.000000162. The number of alkyl halides is 3. The summed E-state index contributed by atoms with van der Waals surface area (Å²) < 4.78 is 52.2. The van der Waals surface area contributed by atoms with E-state index in [1.54, 1.807) is 55.4 Å². The predicted octanol–water partition coefficient (Wildman–Crippen LogP) is 31.3. The Bertz CT molecular complexity index is 6720. The molecular weight excluding hydrogens is 2130 g/mol. The number of halogens is 4. The van der Waals surface area contributed by atoms with Crippen LogP contribution in [0.1, 0.15) is 111 Å². The molecule has 0 N–H and O–H groups in total. The van der Waals surface area contributed by atoms with Crippen molar-refractivity contribution in [3.05, 3.63) is 483 Å². The molecule has 143 heavy (non-hydrogen) atoms. The summed E-state index contributed by atoms with van der Waals surface area (Å²) in [6.07, 6.45) is 6.32. The van der Waals surface area contributed by atoms with Crippen LogP contribution in [0.3, 0.4) is 0 Å². The van der Waals surface area contributed by atoms with Crippen LogP contribution in [0.5, 0.6) is 0 Å². The van der Waals surface area contributed by atoms with Crippen molar-refractivity contribution in [3.63, 3.8) is 0 Å². The number of benzene rings is 12. The van der Waals surface area contributed by atoms with Crippen LogP contribution in [-0.4, -0.2) is 59.8 Å². The minimum atomic E-state index is -4.37. The van der Waals surface area contributed by atoms with Gasteiger partial charge in [0.25, 0.3) is 0 Å². The number of pyridine rings is 6. The topological polar surface area (TPSA) is 155 Å². The molecule has 0 aliphatic heterocycles. The third-order valence-electron chi connectivity index (χ3n) is 22.9. The fourth-order valence-electron chi connectivity index (χ4n) is 14.7. The van der Waals surface area contributed by atoms with Crippen molar-refractivity contribution in [2.24, 2.45) is 0 Å². The van der Waals surface area contributed by atoms with Crippen molar-refractivity contribution in [2.75, 3.05) is 0 Å². The second kappa shape index (κ2) is 48.6. The molecule has 20 rings (SSSR count). The molecule has 0 unspecified atom stereocenters. The average Bonchev–Trinajstić information content (AvgIpc) is 0.791. The third-order valence-corrected chi connectivity index (χ3v) is 22.9. The zero-order chi connectivity index (χ0) is 98.9. The zero-order valence-corrected chi connectivity index (χ0v) is 86.1. The van der Waals surface area contributed by atoms with Gasteiger partial charge in [0.2, 0.25) is 0 Å². The SMILES string of the molecule is CC(C)(C)c1ccc(-c2nc(-c3ccc(C(C)(C)C)cc3)nc(-c3ccc(-c4[c-]cc(-c5ccc(C(F)(F)F)cc5)cc4)nc3)n2)cc1.CC(C)(C)c1ccc(-c2nc(-c3ccc(C(C)(C)C)cc3)nc(-c3ccc(-c4[c-]cc(-c5ccc(F)cc5)cc4)nc3)n2)cc1.[Ir+3].[Ir+3].[c-]1ccccc1-c1ccccn1.[c-]1ccccc1-c1ccccn1.[c-]1ccccc1-c1ccccn1.[c-]1ccccc1-c1ccccn1. The van der Waals surface area contributed by atoms with E-state index in [0.29, 0.717) is 46.2 Å². The fourth-order valence-corrected chi connectivity index (χ4v) is 14.7. The molecule has 8 heterocycles. The summed E-state index contributed by atoms with van der Waals surface area (Å²) in [7, 11) is 0. The summed E-state index contributed by atoms with van der Waals surface area (Å²) in [6.45, 7) is 26.3. The van der Waals surface area contributed by atoms with Gasteiger partial charge in [0, 0.05) is 70.6 Å². The molecule has 0 atom stereocenters. The number of hydrogen-bond donors (Lipinski definition) is 0. The Labute approximate surface area is 863 Å². The van der Waals surface area contributed by atoms with Crippen LogP contribution < -0.4 is 0 Å². The Hall–Kier alpha value is -15.4. The van der Waals surface area contributed by atoms with E-state index >= 15 is 0 Å². The second-order valence-electron chi connectivity index (χ2n) is 37.3. The summed E-state index contributed by atoms with van der Waals surface area (Å²) in [5.41, 5.74) is 24.1. The van der Waals surface area contributed by atoms with E-state index in [0.717, 1.165) is 124 Å². The van der Waals surface area contributed by atoms with Crippen LogP contribution in [0.25, 0.3) is 158 Å². The van der Waals surface area contributed by atoms with Gasteiger partial charge < -0.3 is 29.9 Å². The first-order chi connectivity index (χ1) is 67.9. The Morgan fingerprint density at radius 1 is 0.196 bits per heavy atom. The van der Waals surface area contributed by atoms with Crippen molar-refractivity contribution in [3.8, 4) is 158 Å². The van der Waals surface area contributed by atoms with E-state index in [2.05, 4.69) is 236 Å². The van der Waals surface area contributed by atoms with Gasteiger partial charge in [0.1, 0.15) is 5.82 Å². The van der Waals surface area contributed by atoms with E-state index in [1.165, 1.54) is 46.5 Å². The Kier molecular flexibility index (Phi) is 35.7. The first-order valence-electron chi connectivity index (χ1n) is 46.3. The monoisotopic (exact) mass is 2230 g/mol. The van der Waals surface area contributed by atoms with Gasteiger partial charge in [0.05, 0.1) is 5.56 Å². The molecule has 18 heteroatoms. The van der Waals surface area contributed by atoms with E-state index in [1.807, 2.05) is 224 Å². The summed E-state index contributed by atoms with van der Waals surface area (Å²) in [5, 5.41) is 0. The average molecular weight is 2230 g/mol. The van der Waals surface area contributed by atoms with Crippen LogP contribution in [0, 0.1) is 42.2 Å². The van der Waals surface area contributed by atoms with Crippen molar-refractivity contribution in [2.45, 2.75) is 111 Å². The molecule has 710 valence electrons. The smallest absolute Gasteiger partial charge is 0.305 e. The molecule has 0 bridgehead atoms. The maximum atomic E-state index is 13.3. The van der Waals surface area contributed by atoms with Gasteiger partial charge >= 0.3 is 46.4 Å². The van der Waals surface area contributed by atoms with Crippen LogP contribution in [-0.2, 0) is 68.0 Å². The molecule has 0 spiro atoms. The van der Waals surface area contributed by atoms with Crippen LogP contribution >= 0.6 is 0 Å². The summed E-state index contributed by atoms with van der Waals surface area (Å²) in [6, 6.07) is 138. The number of rotatable bonds is 14. The van der Waals surface area contributed by atoms with E-state index in [-0.39, 0.29) is 67.7 Å². The molecular formula is C125H104F4Ir2N12. The summed E-state index contributed by atoms with van der Waals surface area (Å²) >= 11 is 0. The van der Waals surface area contributed by atoms with Gasteiger partial charge in [-0.2, -0.15) is 13.2 Å². The van der Waals surface area contributed by atoms with Crippen LogP contribution in [0.4, 0.5) is 17.6 Å². The van der Waals surface area contributed by atoms with E-state index in [9.17, 15) is 17.6 Å². The molecule has 0 aliphatic rings. The molecule has 8 aromatic heterocycles. The molecule has 0 aliphatic carbocycles. The van der Waals surface area contributed by atoms with Gasteiger partial charge in [-0.3, -0.25) is 0 Å². The van der Waals surface area contributed by atoms with Gasteiger partial charge in [-0.25, -0.2) is 34.3 Å².